The van der Waals surface area contributed by atoms with E-state index in [1.165, 1.54) is 16.2 Å². The quantitative estimate of drug-likeness (QED) is 0.365. The van der Waals surface area contributed by atoms with Crippen molar-refractivity contribution in [3.8, 4) is 5.75 Å². The summed E-state index contributed by atoms with van der Waals surface area (Å²) in [6, 6.07) is 17.0. The first-order chi connectivity index (χ1) is 18.3. The number of para-hydroxylation sites is 1. The first-order valence-corrected chi connectivity index (χ1v) is 13.2. The van der Waals surface area contributed by atoms with Gasteiger partial charge in [-0.05, 0) is 50.2 Å². The second-order valence-electron chi connectivity index (χ2n) is 9.69. The molecule has 0 bridgehead atoms. The molecular weight excluding hydrogens is 502 g/mol. The molecule has 0 spiro atoms. The molecule has 5 rings (SSSR count). The number of nitrogens with zero attached hydrogens (tertiary/aromatic N) is 3. The van der Waals surface area contributed by atoms with Crippen molar-refractivity contribution in [2.45, 2.75) is 19.4 Å². The summed E-state index contributed by atoms with van der Waals surface area (Å²) in [6.07, 6.45) is 0. The summed E-state index contributed by atoms with van der Waals surface area (Å²) in [5.74, 6) is 0.863. The molecule has 0 saturated carbocycles. The van der Waals surface area contributed by atoms with Crippen LogP contribution in [0.1, 0.15) is 39.4 Å². The second-order valence-corrected chi connectivity index (χ2v) is 10.7. The van der Waals surface area contributed by atoms with Crippen LogP contribution in [0, 0.1) is 0 Å². The van der Waals surface area contributed by atoms with E-state index >= 15 is 0 Å². The van der Waals surface area contributed by atoms with E-state index in [-0.39, 0.29) is 11.8 Å². The Kier molecular flexibility index (Phi) is 7.09. The number of hydrogen-bond donors (Lipinski definition) is 2. The van der Waals surface area contributed by atoms with Crippen molar-refractivity contribution in [1.82, 2.24) is 15.5 Å². The Morgan fingerprint density at radius 1 is 1.13 bits per heavy atom. The third-order valence-electron chi connectivity index (χ3n) is 6.79. The van der Waals surface area contributed by atoms with Crippen molar-refractivity contribution in [3.05, 3.63) is 70.6 Å². The Labute approximate surface area is 225 Å². The lowest BCUT2D eigenvalue weighted by atomic mass is 9.93. The first-order valence-electron chi connectivity index (χ1n) is 12.4. The van der Waals surface area contributed by atoms with Crippen molar-refractivity contribution in [2.75, 3.05) is 50.3 Å². The van der Waals surface area contributed by atoms with Gasteiger partial charge in [-0.3, -0.25) is 19.6 Å². The van der Waals surface area contributed by atoms with Gasteiger partial charge in [-0.25, -0.2) is 0 Å². The molecule has 1 aliphatic rings. The molecule has 2 N–H and O–H groups in total. The highest BCUT2D eigenvalue weighted by molar-refractivity contribution is 7.20. The first kappa shape index (κ1) is 25.7. The van der Waals surface area contributed by atoms with E-state index in [1.807, 2.05) is 62.4 Å². The van der Waals surface area contributed by atoms with Gasteiger partial charge in [0, 0.05) is 37.0 Å². The maximum atomic E-state index is 13.3. The predicted octanol–water partition coefficient (Wildman–Crippen LogP) is 4.41. The van der Waals surface area contributed by atoms with E-state index in [1.54, 1.807) is 20.2 Å². The van der Waals surface area contributed by atoms with Gasteiger partial charge in [0.25, 0.3) is 11.8 Å². The van der Waals surface area contributed by atoms with E-state index in [4.69, 9.17) is 9.47 Å². The number of H-pyrrole nitrogens is 1. The van der Waals surface area contributed by atoms with Crippen molar-refractivity contribution in [3.63, 3.8) is 0 Å². The molecular formula is C28H31N5O4S. The Morgan fingerprint density at radius 3 is 2.55 bits per heavy atom. The molecule has 1 aliphatic heterocycles. The van der Waals surface area contributed by atoms with Gasteiger partial charge < -0.3 is 19.7 Å². The number of rotatable bonds is 7. The smallest absolute Gasteiger partial charge is 0.262 e. The average molecular weight is 534 g/mol. The molecule has 38 heavy (non-hydrogen) atoms. The number of morpholine rings is 1. The molecule has 0 unspecified atom stereocenters. The normalized spacial score (nSPS) is 13.9. The fourth-order valence-corrected chi connectivity index (χ4v) is 5.56. The van der Waals surface area contributed by atoms with Crippen molar-refractivity contribution < 1.29 is 19.1 Å². The Bertz CT molecular complexity index is 1450. The van der Waals surface area contributed by atoms with E-state index in [0.717, 1.165) is 29.7 Å². The minimum absolute atomic E-state index is 0.168. The molecule has 9 nitrogen and oxygen atoms in total. The molecule has 2 aromatic carbocycles. The van der Waals surface area contributed by atoms with Crippen LogP contribution >= 0.6 is 11.3 Å². The molecule has 10 heteroatoms. The van der Waals surface area contributed by atoms with Crippen LogP contribution in [0.5, 0.6) is 5.75 Å². The zero-order valence-electron chi connectivity index (χ0n) is 21.9. The van der Waals surface area contributed by atoms with Crippen LogP contribution in [0.3, 0.4) is 0 Å². The zero-order chi connectivity index (χ0) is 26.9. The van der Waals surface area contributed by atoms with E-state index < -0.39 is 5.54 Å². The van der Waals surface area contributed by atoms with E-state index in [9.17, 15) is 9.59 Å². The van der Waals surface area contributed by atoms with Crippen LogP contribution in [-0.2, 0) is 10.3 Å². The van der Waals surface area contributed by atoms with E-state index in [2.05, 4.69) is 20.4 Å². The number of hydrogen-bond acceptors (Lipinski definition) is 7. The summed E-state index contributed by atoms with van der Waals surface area (Å²) in [4.78, 5) is 31.4. The minimum Gasteiger partial charge on any atom is -0.496 e. The summed E-state index contributed by atoms with van der Waals surface area (Å²) in [7, 11) is 3.32. The second kappa shape index (κ2) is 10.5. The Hall–Kier alpha value is -3.89. The van der Waals surface area contributed by atoms with Crippen LogP contribution in [0.25, 0.3) is 10.2 Å². The standard InChI is InChI=1S/C28H31N5O4S/c1-28(2,21-7-5-6-8-22(21)36-4)29-25(34)23-17-20-24(30-31-26(20)38-23)32(3)27(35)18-9-11-19(12-10-18)33-13-15-37-16-14-33/h5-12,17H,13-16H2,1-4H3,(H,29,34)(H,30,31). The lowest BCUT2D eigenvalue weighted by Gasteiger charge is -2.29. The van der Waals surface area contributed by atoms with Crippen LogP contribution in [0.15, 0.2) is 54.6 Å². The number of benzene rings is 2. The Morgan fingerprint density at radius 2 is 1.84 bits per heavy atom. The number of nitrogens with one attached hydrogen (secondary N) is 2. The molecule has 0 radical (unpaired) electrons. The fraction of sp³-hybridized carbons (Fsp3) is 0.321. The van der Waals surface area contributed by atoms with Gasteiger partial charge in [0.05, 0.1) is 36.1 Å². The predicted molar refractivity (Wildman–Crippen MR) is 150 cm³/mol. The van der Waals surface area contributed by atoms with Gasteiger partial charge in [-0.15, -0.1) is 11.3 Å². The molecule has 198 valence electrons. The van der Waals surface area contributed by atoms with Crippen molar-refractivity contribution >= 4 is 44.9 Å². The van der Waals surface area contributed by atoms with Crippen LogP contribution in [0.4, 0.5) is 11.5 Å². The number of aromatic nitrogens is 2. The summed E-state index contributed by atoms with van der Waals surface area (Å²) < 4.78 is 10.9. The highest BCUT2D eigenvalue weighted by Gasteiger charge is 2.28. The van der Waals surface area contributed by atoms with Crippen LogP contribution < -0.4 is 19.9 Å². The fourth-order valence-electron chi connectivity index (χ4n) is 4.67. The molecule has 1 fully saturated rings. The molecule has 2 aromatic heterocycles. The minimum atomic E-state index is -0.666. The highest BCUT2D eigenvalue weighted by atomic mass is 32.1. The molecule has 0 aliphatic carbocycles. The summed E-state index contributed by atoms with van der Waals surface area (Å²) in [5, 5.41) is 11.1. The number of fused-ring (bicyclic) bond motifs is 1. The lowest BCUT2D eigenvalue weighted by molar-refractivity contribution is 0.0914. The number of carbonyl (C=O) groups is 2. The number of amides is 2. The van der Waals surface area contributed by atoms with Gasteiger partial charge in [-0.2, -0.15) is 5.10 Å². The lowest BCUT2D eigenvalue weighted by Crippen LogP contribution is -2.40. The SMILES string of the molecule is COc1ccccc1C(C)(C)NC(=O)c1cc2c(N(C)C(=O)c3ccc(N4CCOCC4)cc3)[nH]nc2s1. The molecule has 1 saturated heterocycles. The van der Waals surface area contributed by atoms with Gasteiger partial charge >= 0.3 is 0 Å². The van der Waals surface area contributed by atoms with Gasteiger partial charge in [0.15, 0.2) is 0 Å². The number of carbonyl (C=O) groups excluding carboxylic acids is 2. The molecule has 3 heterocycles. The Balaban J connectivity index is 1.33. The topological polar surface area (TPSA) is 99.8 Å². The van der Waals surface area contributed by atoms with Gasteiger partial charge in [-0.1, -0.05) is 18.2 Å². The number of ether oxygens (including phenoxy) is 2. The summed E-state index contributed by atoms with van der Waals surface area (Å²) in [6.45, 7) is 6.96. The van der Waals surface area contributed by atoms with E-state index in [0.29, 0.717) is 40.1 Å². The number of anilines is 2. The van der Waals surface area contributed by atoms with Crippen molar-refractivity contribution in [2.24, 2.45) is 0 Å². The maximum Gasteiger partial charge on any atom is 0.262 e. The maximum absolute atomic E-state index is 13.3. The molecule has 2 amide bonds. The summed E-state index contributed by atoms with van der Waals surface area (Å²) >= 11 is 1.28. The third-order valence-corrected chi connectivity index (χ3v) is 7.82. The van der Waals surface area contributed by atoms with Crippen LogP contribution in [-0.4, -0.2) is 62.5 Å². The largest absolute Gasteiger partial charge is 0.496 e. The third kappa shape index (κ3) is 4.97. The molecule has 0 atom stereocenters. The zero-order valence-corrected chi connectivity index (χ0v) is 22.7. The monoisotopic (exact) mass is 533 g/mol. The number of aromatic amines is 1. The van der Waals surface area contributed by atoms with Gasteiger partial charge in [0.2, 0.25) is 0 Å². The molecule has 4 aromatic rings. The summed E-state index contributed by atoms with van der Waals surface area (Å²) in [5.41, 5.74) is 1.85. The van der Waals surface area contributed by atoms with Gasteiger partial charge in [0.1, 0.15) is 16.4 Å². The van der Waals surface area contributed by atoms with Crippen LogP contribution in [0.2, 0.25) is 0 Å². The highest BCUT2D eigenvalue weighted by Crippen LogP contribution is 2.34. The number of thiophene rings is 1. The van der Waals surface area contributed by atoms with Crippen molar-refractivity contribution in [1.29, 1.82) is 0 Å². The number of methoxy groups -OCH3 is 1. The average Bonchev–Trinajstić information content (AvgIpc) is 3.54.